The summed E-state index contributed by atoms with van der Waals surface area (Å²) in [4.78, 5) is 44.2. The van der Waals surface area contributed by atoms with E-state index in [4.69, 9.17) is 4.74 Å². The first-order valence-electron chi connectivity index (χ1n) is 15.9. The molecule has 0 saturated heterocycles. The molecule has 4 saturated carbocycles. The molecule has 0 spiro atoms. The number of aromatic nitrogens is 1. The molecule has 9 nitrogen and oxygen atoms in total. The van der Waals surface area contributed by atoms with Crippen LogP contribution in [0.1, 0.15) is 70.4 Å². The minimum absolute atomic E-state index is 0.106. The Morgan fingerprint density at radius 2 is 1.50 bits per heavy atom. The number of ether oxygens (including phenoxy) is 1. The minimum Gasteiger partial charge on any atom is -0.508 e. The number of amides is 3. The molecular weight excluding hydrogens is 556 g/mol. The summed E-state index contributed by atoms with van der Waals surface area (Å²) >= 11 is 0. The van der Waals surface area contributed by atoms with Gasteiger partial charge in [-0.15, -0.1) is 0 Å². The van der Waals surface area contributed by atoms with Crippen LogP contribution in [-0.4, -0.2) is 51.2 Å². The van der Waals surface area contributed by atoms with Gasteiger partial charge in [-0.1, -0.05) is 30.3 Å². The number of H-pyrrole nitrogens is 1. The second-order valence-corrected chi connectivity index (χ2v) is 14.4. The maximum absolute atomic E-state index is 14.2. The molecule has 1 heterocycles. The molecule has 4 fully saturated rings. The molecule has 2 atom stereocenters. The lowest BCUT2D eigenvalue weighted by Crippen LogP contribution is -2.63. The molecule has 0 radical (unpaired) electrons. The molecular formula is C35H44N4O5. The van der Waals surface area contributed by atoms with Crippen LogP contribution in [-0.2, 0) is 27.2 Å². The van der Waals surface area contributed by atoms with Crippen molar-refractivity contribution in [3.05, 3.63) is 65.9 Å². The predicted molar refractivity (Wildman–Crippen MR) is 168 cm³/mol. The number of nitrogens with one attached hydrogen (secondary N) is 4. The topological polar surface area (TPSA) is 133 Å². The molecule has 234 valence electrons. The molecule has 4 aliphatic carbocycles. The van der Waals surface area contributed by atoms with Crippen LogP contribution in [0.25, 0.3) is 10.9 Å². The van der Waals surface area contributed by atoms with E-state index in [0.29, 0.717) is 24.2 Å². The zero-order valence-corrected chi connectivity index (χ0v) is 25.8. The summed E-state index contributed by atoms with van der Waals surface area (Å²) in [6.45, 7) is 5.27. The van der Waals surface area contributed by atoms with Gasteiger partial charge in [0.15, 0.2) is 0 Å². The Morgan fingerprint density at radius 1 is 0.886 bits per heavy atom. The number of aromatic hydroxyl groups is 1. The van der Waals surface area contributed by atoms with Gasteiger partial charge in [0.1, 0.15) is 23.4 Å². The third-order valence-electron chi connectivity index (χ3n) is 9.54. The van der Waals surface area contributed by atoms with E-state index in [0.717, 1.165) is 41.3 Å². The van der Waals surface area contributed by atoms with Gasteiger partial charge in [-0.3, -0.25) is 9.59 Å². The van der Waals surface area contributed by atoms with Crippen molar-refractivity contribution in [1.29, 1.82) is 0 Å². The van der Waals surface area contributed by atoms with Crippen LogP contribution >= 0.6 is 0 Å². The molecule has 0 aliphatic heterocycles. The number of benzene rings is 2. The van der Waals surface area contributed by atoms with E-state index < -0.39 is 29.7 Å². The van der Waals surface area contributed by atoms with E-state index in [9.17, 15) is 19.5 Å². The van der Waals surface area contributed by atoms with Gasteiger partial charge in [0.25, 0.3) is 0 Å². The molecule has 2 aromatic carbocycles. The average Bonchev–Trinajstić information content (AvgIpc) is 3.34. The zero-order valence-electron chi connectivity index (χ0n) is 25.8. The quantitative estimate of drug-likeness (QED) is 0.233. The Bertz CT molecular complexity index is 1490. The molecule has 4 bridgehead atoms. The lowest BCUT2D eigenvalue weighted by Gasteiger charge is -2.57. The summed E-state index contributed by atoms with van der Waals surface area (Å²) in [6.07, 6.45) is 8.43. The second-order valence-electron chi connectivity index (χ2n) is 14.4. The number of phenolic OH excluding ortho intramolecular Hbond substituents is 1. The fourth-order valence-corrected chi connectivity index (χ4v) is 8.14. The highest BCUT2D eigenvalue weighted by atomic mass is 16.6. The number of para-hydroxylation sites is 1. The van der Waals surface area contributed by atoms with Crippen LogP contribution in [0.15, 0.2) is 54.7 Å². The Kier molecular flexibility index (Phi) is 8.07. The SMILES string of the molecule is CC(C)(C)OC(=O)N[C@@H](Cc1ccc(O)cc1)C(=O)N[C@H](Cc1c[nH]c2ccccc12)C(=O)NC12CC3CC(CC(C3)C1)C2. The molecule has 9 heteroatoms. The van der Waals surface area contributed by atoms with E-state index in [-0.39, 0.29) is 23.6 Å². The monoisotopic (exact) mass is 600 g/mol. The summed E-state index contributed by atoms with van der Waals surface area (Å²) in [7, 11) is 0. The summed E-state index contributed by atoms with van der Waals surface area (Å²) in [6, 6.07) is 12.5. The van der Waals surface area contributed by atoms with E-state index in [1.165, 1.54) is 31.4 Å². The average molecular weight is 601 g/mol. The number of hydrogen-bond donors (Lipinski definition) is 5. The van der Waals surface area contributed by atoms with Gasteiger partial charge >= 0.3 is 6.09 Å². The van der Waals surface area contributed by atoms with Gasteiger partial charge in [-0.05, 0) is 106 Å². The molecule has 44 heavy (non-hydrogen) atoms. The number of rotatable bonds is 9. The predicted octanol–water partition coefficient (Wildman–Crippen LogP) is 5.12. The number of carbonyl (C=O) groups excluding carboxylic acids is 3. The van der Waals surface area contributed by atoms with Gasteiger partial charge in [-0.25, -0.2) is 4.79 Å². The van der Waals surface area contributed by atoms with Gasteiger partial charge < -0.3 is 30.8 Å². The van der Waals surface area contributed by atoms with Gasteiger partial charge in [0.05, 0.1) is 0 Å². The molecule has 5 N–H and O–H groups in total. The fraction of sp³-hybridized carbons (Fsp3) is 0.514. The Balaban J connectivity index is 1.25. The molecule has 4 aliphatic rings. The number of carbonyl (C=O) groups is 3. The van der Waals surface area contributed by atoms with E-state index in [1.54, 1.807) is 32.9 Å². The van der Waals surface area contributed by atoms with Gasteiger partial charge in [-0.2, -0.15) is 0 Å². The number of alkyl carbamates (subject to hydrolysis) is 1. The van der Waals surface area contributed by atoms with Crippen LogP contribution in [0.2, 0.25) is 0 Å². The van der Waals surface area contributed by atoms with Crippen molar-refractivity contribution in [2.24, 2.45) is 17.8 Å². The number of phenols is 1. The number of hydrogen-bond acceptors (Lipinski definition) is 5. The van der Waals surface area contributed by atoms with Crippen molar-refractivity contribution in [2.75, 3.05) is 0 Å². The minimum atomic E-state index is -1.01. The van der Waals surface area contributed by atoms with Crippen LogP contribution < -0.4 is 16.0 Å². The van der Waals surface area contributed by atoms with Crippen LogP contribution in [0, 0.1) is 17.8 Å². The molecule has 7 rings (SSSR count). The van der Waals surface area contributed by atoms with E-state index in [2.05, 4.69) is 20.9 Å². The van der Waals surface area contributed by atoms with Crippen LogP contribution in [0.3, 0.4) is 0 Å². The Morgan fingerprint density at radius 3 is 2.14 bits per heavy atom. The van der Waals surface area contributed by atoms with Crippen LogP contribution in [0.5, 0.6) is 5.75 Å². The van der Waals surface area contributed by atoms with Crippen LogP contribution in [0.4, 0.5) is 4.79 Å². The van der Waals surface area contributed by atoms with Crippen molar-refractivity contribution in [1.82, 2.24) is 20.9 Å². The highest BCUT2D eigenvalue weighted by molar-refractivity contribution is 5.93. The van der Waals surface area contributed by atoms with Crippen molar-refractivity contribution in [2.45, 2.75) is 95.4 Å². The lowest BCUT2D eigenvalue weighted by atomic mass is 9.53. The fourth-order valence-electron chi connectivity index (χ4n) is 8.14. The molecule has 1 aromatic heterocycles. The largest absolute Gasteiger partial charge is 0.508 e. The second kappa shape index (κ2) is 11.8. The Hall–Kier alpha value is -4.01. The van der Waals surface area contributed by atoms with Crippen molar-refractivity contribution >= 4 is 28.8 Å². The normalized spacial score (nSPS) is 25.3. The maximum atomic E-state index is 14.2. The summed E-state index contributed by atoms with van der Waals surface area (Å²) in [5.74, 6) is 1.43. The zero-order chi connectivity index (χ0) is 31.1. The number of aromatic amines is 1. The highest BCUT2D eigenvalue weighted by Crippen LogP contribution is 2.55. The first-order valence-corrected chi connectivity index (χ1v) is 15.9. The summed E-state index contributed by atoms with van der Waals surface area (Å²) in [5, 5.41) is 19.9. The highest BCUT2D eigenvalue weighted by Gasteiger charge is 2.52. The Labute approximate surface area is 258 Å². The third-order valence-corrected chi connectivity index (χ3v) is 9.54. The first-order chi connectivity index (χ1) is 20.9. The van der Waals surface area contributed by atoms with E-state index in [1.807, 2.05) is 30.5 Å². The summed E-state index contributed by atoms with van der Waals surface area (Å²) in [5.41, 5.74) is 1.67. The van der Waals surface area contributed by atoms with Gasteiger partial charge in [0.2, 0.25) is 11.8 Å². The lowest BCUT2D eigenvalue weighted by molar-refractivity contribution is -0.133. The van der Waals surface area contributed by atoms with Crippen molar-refractivity contribution < 1.29 is 24.2 Å². The molecule has 3 amide bonds. The molecule has 3 aromatic rings. The molecule has 0 unspecified atom stereocenters. The maximum Gasteiger partial charge on any atom is 0.408 e. The van der Waals surface area contributed by atoms with Crippen molar-refractivity contribution in [3.8, 4) is 5.75 Å². The standard InChI is InChI=1S/C35H44N4O5/c1-34(2,3)44-33(43)38-29(15-21-8-10-26(40)11-9-21)31(41)37-30(16-25-20-36-28-7-5-4-6-27(25)28)32(42)39-35-17-22-12-23(18-35)14-24(13-22)19-35/h4-11,20,22-24,29-30,36,40H,12-19H2,1-3H3,(H,37,41)(H,38,43)(H,39,42)/t22?,23?,24?,29-,30+,35?/m0/s1. The van der Waals surface area contributed by atoms with E-state index >= 15 is 0 Å². The smallest absolute Gasteiger partial charge is 0.408 e. The summed E-state index contributed by atoms with van der Waals surface area (Å²) < 4.78 is 5.47. The first kappa shape index (κ1) is 30.0. The third kappa shape index (κ3) is 6.87. The number of fused-ring (bicyclic) bond motifs is 1. The van der Waals surface area contributed by atoms with Gasteiger partial charge in [0, 0.05) is 35.5 Å². The van der Waals surface area contributed by atoms with Crippen molar-refractivity contribution in [3.63, 3.8) is 0 Å².